The van der Waals surface area contributed by atoms with Crippen molar-refractivity contribution in [2.75, 3.05) is 19.8 Å². The van der Waals surface area contributed by atoms with Crippen LogP contribution < -0.4 is 9.47 Å². The van der Waals surface area contributed by atoms with E-state index in [-0.39, 0.29) is 5.88 Å². The topological polar surface area (TPSA) is 67.7 Å². The molecular formula is C23H23N3O3. The van der Waals surface area contributed by atoms with Crippen LogP contribution in [0.4, 0.5) is 0 Å². The maximum Gasteiger partial charge on any atom is 0.229 e. The number of fused-ring (bicyclic) bond motifs is 1. The van der Waals surface area contributed by atoms with Gasteiger partial charge in [-0.3, -0.25) is 4.90 Å². The smallest absolute Gasteiger partial charge is 0.229 e. The summed E-state index contributed by atoms with van der Waals surface area (Å²) >= 11 is 0. The van der Waals surface area contributed by atoms with Crippen LogP contribution >= 0.6 is 0 Å². The highest BCUT2D eigenvalue weighted by Gasteiger charge is 2.27. The van der Waals surface area contributed by atoms with Gasteiger partial charge in [0.05, 0.1) is 18.1 Å². The van der Waals surface area contributed by atoms with E-state index in [4.69, 9.17) is 9.47 Å². The first-order chi connectivity index (χ1) is 14.3. The molecule has 29 heavy (non-hydrogen) atoms. The molecule has 0 radical (unpaired) electrons. The van der Waals surface area contributed by atoms with Crippen molar-refractivity contribution in [2.45, 2.75) is 25.4 Å². The summed E-state index contributed by atoms with van der Waals surface area (Å²) < 4.78 is 11.4. The Morgan fingerprint density at radius 2 is 1.79 bits per heavy atom. The highest BCUT2D eigenvalue weighted by atomic mass is 16.6. The SMILES string of the molecule is Oc1cnc(-c2ccc(CN3CCCC3c3ccc4c(c3)OCCO4)cc2)cn1. The predicted octanol–water partition coefficient (Wildman–Crippen LogP) is 3.96. The fourth-order valence-electron chi connectivity index (χ4n) is 4.15. The molecule has 6 nitrogen and oxygen atoms in total. The predicted molar refractivity (Wildman–Crippen MR) is 109 cm³/mol. The minimum absolute atomic E-state index is 0.0652. The summed E-state index contributed by atoms with van der Waals surface area (Å²) in [6.07, 6.45) is 5.30. The van der Waals surface area contributed by atoms with Crippen molar-refractivity contribution in [3.63, 3.8) is 0 Å². The summed E-state index contributed by atoms with van der Waals surface area (Å²) in [5.74, 6) is 1.64. The molecule has 0 amide bonds. The fraction of sp³-hybridized carbons (Fsp3) is 0.304. The van der Waals surface area contributed by atoms with Gasteiger partial charge in [0.1, 0.15) is 13.2 Å². The summed E-state index contributed by atoms with van der Waals surface area (Å²) in [5.41, 5.74) is 4.31. The van der Waals surface area contributed by atoms with Crippen molar-refractivity contribution in [1.29, 1.82) is 0 Å². The van der Waals surface area contributed by atoms with Crippen molar-refractivity contribution in [3.8, 4) is 28.6 Å². The zero-order valence-corrected chi connectivity index (χ0v) is 16.1. The van der Waals surface area contributed by atoms with Crippen LogP contribution in [-0.4, -0.2) is 39.7 Å². The zero-order valence-electron chi connectivity index (χ0n) is 16.1. The second-order valence-corrected chi connectivity index (χ2v) is 7.49. The van der Waals surface area contributed by atoms with Crippen LogP contribution in [0.5, 0.6) is 17.4 Å². The van der Waals surface area contributed by atoms with E-state index in [0.29, 0.717) is 19.3 Å². The average molecular weight is 389 g/mol. The monoisotopic (exact) mass is 389 g/mol. The molecule has 1 saturated heterocycles. The molecule has 1 unspecified atom stereocenters. The van der Waals surface area contributed by atoms with Gasteiger partial charge in [-0.25, -0.2) is 9.97 Å². The van der Waals surface area contributed by atoms with Crippen LogP contribution in [0.1, 0.15) is 30.0 Å². The molecule has 0 saturated carbocycles. The molecule has 148 valence electrons. The Hall–Kier alpha value is -3.12. The van der Waals surface area contributed by atoms with Crippen molar-refractivity contribution in [2.24, 2.45) is 0 Å². The van der Waals surface area contributed by atoms with Gasteiger partial charge in [-0.1, -0.05) is 30.3 Å². The molecule has 3 heterocycles. The summed E-state index contributed by atoms with van der Waals surface area (Å²) in [7, 11) is 0. The number of ether oxygens (including phenoxy) is 2. The van der Waals surface area contributed by atoms with E-state index < -0.39 is 0 Å². The van der Waals surface area contributed by atoms with E-state index in [9.17, 15) is 5.11 Å². The average Bonchev–Trinajstić information content (AvgIpc) is 3.23. The number of benzene rings is 2. The molecule has 2 aliphatic rings. The second kappa shape index (κ2) is 7.72. The summed E-state index contributed by atoms with van der Waals surface area (Å²) in [4.78, 5) is 10.7. The Balaban J connectivity index is 1.31. The lowest BCUT2D eigenvalue weighted by atomic mass is 10.0. The molecular weight excluding hydrogens is 366 g/mol. The minimum atomic E-state index is -0.0652. The number of likely N-dealkylation sites (tertiary alicyclic amines) is 1. The van der Waals surface area contributed by atoms with Crippen molar-refractivity contribution >= 4 is 0 Å². The summed E-state index contributed by atoms with van der Waals surface area (Å²) in [5, 5.41) is 9.30. The van der Waals surface area contributed by atoms with E-state index in [1.807, 2.05) is 6.07 Å². The molecule has 3 aromatic rings. The number of nitrogens with zero attached hydrogens (tertiary/aromatic N) is 3. The standard InChI is InChI=1S/C23H23N3O3/c27-23-14-24-19(13-25-23)17-5-3-16(4-6-17)15-26-9-1-2-20(26)18-7-8-21-22(12-18)29-11-10-28-21/h3-8,12-14,20H,1-2,9-11,15H2,(H,25,27). The number of aromatic hydroxyl groups is 1. The lowest BCUT2D eigenvalue weighted by Gasteiger charge is -2.26. The first kappa shape index (κ1) is 17.9. The Labute approximate surface area is 169 Å². The first-order valence-corrected chi connectivity index (χ1v) is 10.0. The van der Waals surface area contributed by atoms with Gasteiger partial charge in [-0.15, -0.1) is 0 Å². The van der Waals surface area contributed by atoms with E-state index in [1.165, 1.54) is 23.7 Å². The van der Waals surface area contributed by atoms with Crippen molar-refractivity contribution in [1.82, 2.24) is 14.9 Å². The molecule has 2 aromatic carbocycles. The van der Waals surface area contributed by atoms with Crippen LogP contribution in [0.25, 0.3) is 11.3 Å². The van der Waals surface area contributed by atoms with Crippen molar-refractivity contribution < 1.29 is 14.6 Å². The summed E-state index contributed by atoms with van der Waals surface area (Å²) in [6, 6.07) is 15.2. The van der Waals surface area contributed by atoms with Crippen molar-refractivity contribution in [3.05, 3.63) is 66.0 Å². The third-order valence-corrected chi connectivity index (χ3v) is 5.59. The maximum atomic E-state index is 9.30. The third kappa shape index (κ3) is 3.76. The number of hydrogen-bond donors (Lipinski definition) is 1. The molecule has 1 fully saturated rings. The fourth-order valence-corrected chi connectivity index (χ4v) is 4.15. The van der Waals surface area contributed by atoms with Gasteiger partial charge in [0, 0.05) is 18.2 Å². The lowest BCUT2D eigenvalue weighted by Crippen LogP contribution is -2.23. The molecule has 1 N–H and O–H groups in total. The minimum Gasteiger partial charge on any atom is -0.492 e. The lowest BCUT2D eigenvalue weighted by molar-refractivity contribution is 0.170. The third-order valence-electron chi connectivity index (χ3n) is 5.59. The zero-order chi connectivity index (χ0) is 19.6. The Bertz CT molecular complexity index is 989. The van der Waals surface area contributed by atoms with Gasteiger partial charge in [0.2, 0.25) is 5.88 Å². The number of hydrogen-bond acceptors (Lipinski definition) is 6. The number of rotatable bonds is 4. The van der Waals surface area contributed by atoms with E-state index in [2.05, 4.69) is 51.3 Å². The largest absolute Gasteiger partial charge is 0.492 e. The first-order valence-electron chi connectivity index (χ1n) is 10.0. The summed E-state index contributed by atoms with van der Waals surface area (Å²) in [6.45, 7) is 3.22. The van der Waals surface area contributed by atoms with Crippen LogP contribution in [0.2, 0.25) is 0 Å². The Kier molecular flexibility index (Phi) is 4.77. The van der Waals surface area contributed by atoms with E-state index >= 15 is 0 Å². The highest BCUT2D eigenvalue weighted by molar-refractivity contribution is 5.58. The van der Waals surface area contributed by atoms with Gasteiger partial charge in [0.25, 0.3) is 0 Å². The molecule has 6 heteroatoms. The van der Waals surface area contributed by atoms with Crippen LogP contribution in [0.3, 0.4) is 0 Å². The van der Waals surface area contributed by atoms with Crippen LogP contribution in [-0.2, 0) is 6.54 Å². The molecule has 2 aliphatic heterocycles. The van der Waals surface area contributed by atoms with Gasteiger partial charge >= 0.3 is 0 Å². The van der Waals surface area contributed by atoms with Gasteiger partial charge in [-0.05, 0) is 42.6 Å². The molecule has 0 bridgehead atoms. The van der Waals surface area contributed by atoms with Gasteiger partial charge < -0.3 is 14.6 Å². The molecule has 5 rings (SSSR count). The van der Waals surface area contributed by atoms with Crippen LogP contribution in [0, 0.1) is 0 Å². The van der Waals surface area contributed by atoms with Gasteiger partial charge in [-0.2, -0.15) is 0 Å². The maximum absolute atomic E-state index is 9.30. The number of aromatic nitrogens is 2. The highest BCUT2D eigenvalue weighted by Crippen LogP contribution is 2.38. The van der Waals surface area contributed by atoms with Crippen LogP contribution in [0.15, 0.2) is 54.9 Å². The molecule has 1 aromatic heterocycles. The molecule has 0 spiro atoms. The van der Waals surface area contributed by atoms with E-state index in [0.717, 1.165) is 42.3 Å². The Morgan fingerprint density at radius 3 is 2.59 bits per heavy atom. The second-order valence-electron chi connectivity index (χ2n) is 7.49. The van der Waals surface area contributed by atoms with E-state index in [1.54, 1.807) is 6.20 Å². The van der Waals surface area contributed by atoms with Gasteiger partial charge in [0.15, 0.2) is 11.5 Å². The normalized spacial score (nSPS) is 18.7. The molecule has 0 aliphatic carbocycles. The Morgan fingerprint density at radius 1 is 0.966 bits per heavy atom. The molecule has 1 atom stereocenters. The quantitative estimate of drug-likeness (QED) is 0.729.